The number of rotatable bonds is 26. The van der Waals surface area contributed by atoms with Crippen molar-refractivity contribution < 1.29 is 19.1 Å². The number of guanidine groups is 1. The third-order valence-corrected chi connectivity index (χ3v) is 16.0. The number of benzene rings is 1. The number of ether oxygens (including phenoxy) is 1. The lowest BCUT2D eigenvalue weighted by atomic mass is 9.47. The maximum absolute atomic E-state index is 13.6. The normalized spacial score (nSPS) is 27.8. The first-order valence-electron chi connectivity index (χ1n) is 25.4. The summed E-state index contributed by atoms with van der Waals surface area (Å²) in [5.41, 5.74) is 19.8. The van der Waals surface area contributed by atoms with E-state index in [0.717, 1.165) is 60.3 Å². The van der Waals surface area contributed by atoms with Gasteiger partial charge >= 0.3 is 6.09 Å². The number of amidine groups is 1. The number of carbonyl (C=O) groups is 3. The standard InChI is InChI=1S/C53H86N8O4/c1-36(2)13-10-14-37(3)45-22-23-46-44-21-19-40-34-43(25-27-52(40,5)47(44)26-28-53(45,46)6)65-51(64)61-41(33-39-15-8-7-9-16-39)35-57-31-32-59-48(49(63)18-12-30-60-50(55)56)24-20-42(62)17-11-29-58-38(4)54/h7-9,15-16,19,35-37,41,43-48,59H,10-14,17-18,20-34H2,1-6H3,(H2,54,58)(H,61,64)(H4,55,56,60). The monoisotopic (exact) mass is 899 g/mol. The van der Waals surface area contributed by atoms with Gasteiger partial charge in [0.1, 0.15) is 17.7 Å². The van der Waals surface area contributed by atoms with Crippen molar-refractivity contribution in [3.05, 3.63) is 47.5 Å². The highest BCUT2D eigenvalue weighted by atomic mass is 16.6. The summed E-state index contributed by atoms with van der Waals surface area (Å²) in [5, 5.41) is 6.47. The predicted molar refractivity (Wildman–Crippen MR) is 266 cm³/mol. The van der Waals surface area contributed by atoms with Crippen LogP contribution in [0.25, 0.3) is 0 Å². The topological polar surface area (TPSA) is 200 Å². The summed E-state index contributed by atoms with van der Waals surface area (Å²) in [6.45, 7) is 15.9. The molecule has 0 spiro atoms. The Balaban J connectivity index is 1.14. The fraction of sp³-hybridized carbons (Fsp3) is 0.736. The molecule has 0 heterocycles. The lowest BCUT2D eigenvalue weighted by molar-refractivity contribution is -0.122. The van der Waals surface area contributed by atoms with E-state index in [1.54, 1.807) is 13.1 Å². The lowest BCUT2D eigenvalue weighted by Crippen LogP contribution is -2.51. The third-order valence-electron chi connectivity index (χ3n) is 16.0. The van der Waals surface area contributed by atoms with E-state index in [-0.39, 0.29) is 41.5 Å². The molecular formula is C53H86N8O4. The van der Waals surface area contributed by atoms with Gasteiger partial charge < -0.3 is 32.6 Å². The second-order valence-corrected chi connectivity index (χ2v) is 21.1. The van der Waals surface area contributed by atoms with Crippen LogP contribution in [0.15, 0.2) is 57.0 Å². The molecule has 362 valence electrons. The van der Waals surface area contributed by atoms with Crippen molar-refractivity contribution in [1.29, 1.82) is 0 Å². The number of Topliss-reactive ketones (excluding diaryl/α,β-unsaturated/α-hetero) is 2. The molecule has 12 heteroatoms. The van der Waals surface area contributed by atoms with E-state index in [9.17, 15) is 14.4 Å². The molecule has 65 heavy (non-hydrogen) atoms. The van der Waals surface area contributed by atoms with Gasteiger partial charge in [0.15, 0.2) is 5.96 Å². The maximum Gasteiger partial charge on any atom is 0.407 e. The summed E-state index contributed by atoms with van der Waals surface area (Å²) in [5.74, 6) is 5.36. The average molecular weight is 899 g/mol. The van der Waals surface area contributed by atoms with Gasteiger partial charge in [-0.05, 0) is 129 Å². The van der Waals surface area contributed by atoms with Crippen LogP contribution < -0.4 is 27.8 Å². The highest BCUT2D eigenvalue weighted by Gasteiger charge is 2.59. The number of fused-ring (bicyclic) bond motifs is 5. The summed E-state index contributed by atoms with van der Waals surface area (Å²) in [6, 6.07) is 9.19. The van der Waals surface area contributed by atoms with E-state index in [1.165, 1.54) is 56.9 Å². The van der Waals surface area contributed by atoms with Gasteiger partial charge in [-0.2, -0.15) is 0 Å². The first-order valence-corrected chi connectivity index (χ1v) is 25.4. The van der Waals surface area contributed by atoms with Crippen LogP contribution >= 0.6 is 0 Å². The number of nitrogens with two attached hydrogens (primary N) is 3. The zero-order valence-corrected chi connectivity index (χ0v) is 41.0. The van der Waals surface area contributed by atoms with Crippen LogP contribution in [-0.2, 0) is 20.7 Å². The zero-order chi connectivity index (χ0) is 47.0. The molecule has 10 unspecified atom stereocenters. The average Bonchev–Trinajstić information content (AvgIpc) is 3.62. The van der Waals surface area contributed by atoms with E-state index in [2.05, 4.69) is 61.3 Å². The molecule has 5 rings (SSSR count). The fourth-order valence-electron chi connectivity index (χ4n) is 12.6. The molecule has 1 amide bonds. The number of carbonyl (C=O) groups excluding carboxylic acids is 3. The highest BCUT2D eigenvalue weighted by molar-refractivity contribution is 5.85. The quantitative estimate of drug-likeness (QED) is 0.0263. The summed E-state index contributed by atoms with van der Waals surface area (Å²) in [6.07, 6.45) is 20.4. The minimum atomic E-state index is -0.500. The minimum absolute atomic E-state index is 0.00404. The second kappa shape index (κ2) is 25.2. The van der Waals surface area contributed by atoms with E-state index in [4.69, 9.17) is 26.9 Å². The molecular weight excluding hydrogens is 813 g/mol. The number of nitrogens with one attached hydrogen (secondary N) is 2. The summed E-state index contributed by atoms with van der Waals surface area (Å²) < 4.78 is 6.22. The van der Waals surface area contributed by atoms with Gasteiger partial charge in [0.05, 0.1) is 24.5 Å². The van der Waals surface area contributed by atoms with Crippen molar-refractivity contribution in [2.75, 3.05) is 26.2 Å². The fourth-order valence-corrected chi connectivity index (χ4v) is 12.6. The molecule has 0 saturated heterocycles. The smallest absolute Gasteiger partial charge is 0.407 e. The second-order valence-electron chi connectivity index (χ2n) is 21.1. The molecule has 0 aliphatic heterocycles. The number of alkyl carbamates (subject to hydrolysis) is 1. The number of amides is 1. The van der Waals surface area contributed by atoms with Crippen LogP contribution in [-0.4, -0.2) is 80.0 Å². The van der Waals surface area contributed by atoms with Crippen LogP contribution in [0, 0.1) is 46.3 Å². The summed E-state index contributed by atoms with van der Waals surface area (Å²) in [4.78, 5) is 52.4. The Morgan fingerprint density at radius 2 is 1.62 bits per heavy atom. The van der Waals surface area contributed by atoms with Crippen LogP contribution in [0.4, 0.5) is 4.79 Å². The molecule has 3 fully saturated rings. The summed E-state index contributed by atoms with van der Waals surface area (Å²) >= 11 is 0. The van der Waals surface area contributed by atoms with Gasteiger partial charge in [0.2, 0.25) is 0 Å². The third kappa shape index (κ3) is 15.2. The summed E-state index contributed by atoms with van der Waals surface area (Å²) in [7, 11) is 0. The van der Waals surface area contributed by atoms with Gasteiger partial charge in [0, 0.05) is 51.5 Å². The van der Waals surface area contributed by atoms with Gasteiger partial charge in [-0.15, -0.1) is 0 Å². The zero-order valence-electron chi connectivity index (χ0n) is 41.0. The Bertz CT molecular complexity index is 1800. The number of allylic oxidation sites excluding steroid dienone is 1. The van der Waals surface area contributed by atoms with Crippen molar-refractivity contribution in [3.63, 3.8) is 0 Å². The Morgan fingerprint density at radius 3 is 2.35 bits per heavy atom. The van der Waals surface area contributed by atoms with E-state index in [1.807, 2.05) is 30.3 Å². The van der Waals surface area contributed by atoms with Crippen LogP contribution in [0.3, 0.4) is 0 Å². The number of hydrogen-bond acceptors (Lipinski definition) is 8. The van der Waals surface area contributed by atoms with E-state index < -0.39 is 12.1 Å². The minimum Gasteiger partial charge on any atom is -0.446 e. The Morgan fingerprint density at radius 1 is 0.862 bits per heavy atom. The lowest BCUT2D eigenvalue weighted by Gasteiger charge is -2.58. The van der Waals surface area contributed by atoms with Crippen molar-refractivity contribution >= 4 is 35.7 Å². The molecule has 0 aromatic heterocycles. The SMILES string of the molecule is CC(N)=NCCCC(=O)CCC(NCCN=CC(Cc1ccccc1)NC(=O)OC1CCC2(C)C(=CCC3C2CCC2(C)C(C(C)CCCC(C)C)CCC32)C1)C(=O)CCCN=C(N)N. The number of nitrogens with zero attached hydrogens (tertiary/aromatic N) is 3. The van der Waals surface area contributed by atoms with Gasteiger partial charge in [-0.1, -0.05) is 95.9 Å². The predicted octanol–water partition coefficient (Wildman–Crippen LogP) is 8.89. The van der Waals surface area contributed by atoms with Crippen LogP contribution in [0.5, 0.6) is 0 Å². The van der Waals surface area contributed by atoms with Crippen LogP contribution in [0.1, 0.15) is 156 Å². The number of aliphatic imine (C=N–C) groups is 3. The first-order chi connectivity index (χ1) is 31.1. The Kier molecular flexibility index (Phi) is 20.1. The van der Waals surface area contributed by atoms with E-state index >= 15 is 0 Å². The molecule has 1 aromatic carbocycles. The molecule has 0 bridgehead atoms. The molecule has 12 nitrogen and oxygen atoms in total. The molecule has 10 atom stereocenters. The number of hydrogen-bond donors (Lipinski definition) is 5. The van der Waals surface area contributed by atoms with Crippen molar-refractivity contribution in [3.8, 4) is 0 Å². The van der Waals surface area contributed by atoms with E-state index in [0.29, 0.717) is 76.0 Å². The molecule has 3 saturated carbocycles. The van der Waals surface area contributed by atoms with Crippen LogP contribution in [0.2, 0.25) is 0 Å². The molecule has 4 aliphatic carbocycles. The molecule has 0 radical (unpaired) electrons. The molecule has 8 N–H and O–H groups in total. The van der Waals surface area contributed by atoms with Gasteiger partial charge in [-0.25, -0.2) is 4.79 Å². The number of ketones is 2. The maximum atomic E-state index is 13.6. The Labute approximate surface area is 391 Å². The largest absolute Gasteiger partial charge is 0.446 e. The Hall–Kier alpha value is -4.06. The van der Waals surface area contributed by atoms with Gasteiger partial charge in [0.25, 0.3) is 0 Å². The first kappa shape index (κ1) is 51.9. The molecule has 1 aromatic rings. The van der Waals surface area contributed by atoms with Crippen molar-refractivity contribution in [1.82, 2.24) is 10.6 Å². The highest BCUT2D eigenvalue weighted by Crippen LogP contribution is 2.67. The van der Waals surface area contributed by atoms with Gasteiger partial charge in [-0.3, -0.25) is 24.6 Å². The van der Waals surface area contributed by atoms with Crippen molar-refractivity contribution in [2.24, 2.45) is 78.5 Å². The molecule has 4 aliphatic rings. The van der Waals surface area contributed by atoms with Crippen molar-refractivity contribution in [2.45, 2.75) is 175 Å².